The van der Waals surface area contributed by atoms with E-state index < -0.39 is 0 Å². The van der Waals surface area contributed by atoms with Crippen molar-refractivity contribution in [3.63, 3.8) is 0 Å². The third-order valence-electron chi connectivity index (χ3n) is 4.15. The van der Waals surface area contributed by atoms with Crippen molar-refractivity contribution >= 4 is 17.3 Å². The maximum Gasteiger partial charge on any atom is 0.0646 e. The average Bonchev–Trinajstić information content (AvgIpc) is 2.58. The van der Waals surface area contributed by atoms with Gasteiger partial charge < -0.3 is 0 Å². The summed E-state index contributed by atoms with van der Waals surface area (Å²) in [7, 11) is 0. The average molecular weight is 328 g/mol. The van der Waals surface area contributed by atoms with E-state index in [1.807, 2.05) is 24.3 Å². The predicted octanol–water partition coefficient (Wildman–Crippen LogP) is 3.88. The summed E-state index contributed by atoms with van der Waals surface area (Å²) < 4.78 is 0. The standard InChI is InChI=1S/C19H22ClN3/c1-16(18-7-9-19(20)10-8-18)21-23-13-11-22(12-14-23)15-17-5-3-2-4-6-17/h2-10H,11-15H2,1H3/b21-16-. The summed E-state index contributed by atoms with van der Waals surface area (Å²) >= 11 is 5.93. The second-order valence-corrected chi connectivity index (χ2v) is 6.34. The van der Waals surface area contributed by atoms with Gasteiger partial charge in [0.2, 0.25) is 0 Å². The molecule has 1 saturated heterocycles. The summed E-state index contributed by atoms with van der Waals surface area (Å²) in [6.45, 7) is 7.11. The molecule has 1 aliphatic heterocycles. The zero-order chi connectivity index (χ0) is 16.1. The highest BCUT2D eigenvalue weighted by atomic mass is 35.5. The molecule has 0 atom stereocenters. The van der Waals surface area contributed by atoms with Crippen LogP contribution in [0.3, 0.4) is 0 Å². The van der Waals surface area contributed by atoms with Crippen LogP contribution in [0.25, 0.3) is 0 Å². The van der Waals surface area contributed by atoms with E-state index in [-0.39, 0.29) is 0 Å². The molecular weight excluding hydrogens is 306 g/mol. The molecule has 23 heavy (non-hydrogen) atoms. The molecule has 0 spiro atoms. The molecule has 0 aliphatic carbocycles. The van der Waals surface area contributed by atoms with Crippen molar-refractivity contribution < 1.29 is 0 Å². The number of rotatable bonds is 4. The van der Waals surface area contributed by atoms with Crippen LogP contribution in [-0.2, 0) is 6.54 Å². The summed E-state index contributed by atoms with van der Waals surface area (Å²) in [6, 6.07) is 18.5. The minimum absolute atomic E-state index is 0.760. The number of halogens is 1. The Kier molecular flexibility index (Phi) is 5.31. The Labute approximate surface area is 143 Å². The topological polar surface area (TPSA) is 18.8 Å². The van der Waals surface area contributed by atoms with Gasteiger partial charge in [0.1, 0.15) is 0 Å². The lowest BCUT2D eigenvalue weighted by molar-refractivity contribution is 0.130. The van der Waals surface area contributed by atoms with E-state index in [4.69, 9.17) is 16.7 Å². The van der Waals surface area contributed by atoms with Crippen molar-refractivity contribution in [1.82, 2.24) is 9.91 Å². The lowest BCUT2D eigenvalue weighted by atomic mass is 10.1. The first-order chi connectivity index (χ1) is 11.2. The summed E-state index contributed by atoms with van der Waals surface area (Å²) in [5, 5.41) is 7.69. The molecule has 1 aliphatic rings. The SMILES string of the molecule is C/C(=N/N1CCN(Cc2ccccc2)CC1)c1ccc(Cl)cc1. The van der Waals surface area contributed by atoms with Gasteiger partial charge in [-0.3, -0.25) is 9.91 Å². The number of hydrogen-bond donors (Lipinski definition) is 0. The van der Waals surface area contributed by atoms with Crippen molar-refractivity contribution in [2.75, 3.05) is 26.2 Å². The smallest absolute Gasteiger partial charge is 0.0646 e. The molecule has 0 aromatic heterocycles. The van der Waals surface area contributed by atoms with Crippen LogP contribution < -0.4 is 0 Å². The van der Waals surface area contributed by atoms with E-state index in [0.717, 1.165) is 49.0 Å². The monoisotopic (exact) mass is 327 g/mol. The predicted molar refractivity (Wildman–Crippen MR) is 97.0 cm³/mol. The molecule has 0 N–H and O–H groups in total. The van der Waals surface area contributed by atoms with Gasteiger partial charge in [-0.1, -0.05) is 54.1 Å². The molecule has 0 radical (unpaired) electrons. The van der Waals surface area contributed by atoms with Gasteiger partial charge in [0.15, 0.2) is 0 Å². The van der Waals surface area contributed by atoms with Gasteiger partial charge in [0, 0.05) is 37.7 Å². The number of piperazine rings is 1. The van der Waals surface area contributed by atoms with E-state index in [9.17, 15) is 0 Å². The Morgan fingerprint density at radius 1 is 0.957 bits per heavy atom. The van der Waals surface area contributed by atoms with Gasteiger partial charge in [0.25, 0.3) is 0 Å². The molecule has 0 bridgehead atoms. The maximum atomic E-state index is 5.93. The van der Waals surface area contributed by atoms with Crippen LogP contribution >= 0.6 is 11.6 Å². The Morgan fingerprint density at radius 2 is 1.61 bits per heavy atom. The number of hydrogen-bond acceptors (Lipinski definition) is 3. The van der Waals surface area contributed by atoms with Crippen molar-refractivity contribution in [3.05, 3.63) is 70.7 Å². The fourth-order valence-corrected chi connectivity index (χ4v) is 2.92. The summed E-state index contributed by atoms with van der Waals surface area (Å²) in [4.78, 5) is 2.49. The highest BCUT2D eigenvalue weighted by Crippen LogP contribution is 2.12. The van der Waals surface area contributed by atoms with Gasteiger partial charge in [-0.25, -0.2) is 0 Å². The highest BCUT2D eigenvalue weighted by Gasteiger charge is 2.15. The first-order valence-corrected chi connectivity index (χ1v) is 8.41. The van der Waals surface area contributed by atoms with E-state index in [0.29, 0.717) is 0 Å². The molecule has 0 saturated carbocycles. The minimum atomic E-state index is 0.760. The van der Waals surface area contributed by atoms with E-state index in [2.05, 4.69) is 47.2 Å². The Morgan fingerprint density at radius 3 is 2.26 bits per heavy atom. The fraction of sp³-hybridized carbons (Fsp3) is 0.316. The normalized spacial score (nSPS) is 16.6. The van der Waals surface area contributed by atoms with Gasteiger partial charge in [-0.05, 0) is 30.2 Å². The molecule has 1 fully saturated rings. The number of nitrogens with zero attached hydrogens (tertiary/aromatic N) is 3. The molecule has 1 heterocycles. The van der Waals surface area contributed by atoms with Crippen molar-refractivity contribution in [3.8, 4) is 0 Å². The number of benzene rings is 2. The molecule has 2 aromatic rings. The Balaban J connectivity index is 1.54. The van der Waals surface area contributed by atoms with Crippen molar-refractivity contribution in [1.29, 1.82) is 0 Å². The number of hydrazone groups is 1. The summed E-state index contributed by atoms with van der Waals surface area (Å²) in [5.41, 5.74) is 3.54. The Bertz CT molecular complexity index is 644. The third kappa shape index (κ3) is 4.57. The first kappa shape index (κ1) is 16.0. The van der Waals surface area contributed by atoms with Crippen molar-refractivity contribution in [2.45, 2.75) is 13.5 Å². The zero-order valence-electron chi connectivity index (χ0n) is 13.5. The zero-order valence-corrected chi connectivity index (χ0v) is 14.2. The van der Waals surface area contributed by atoms with Crippen LogP contribution in [0.4, 0.5) is 0 Å². The van der Waals surface area contributed by atoms with Gasteiger partial charge in [0.05, 0.1) is 5.71 Å². The van der Waals surface area contributed by atoms with Crippen LogP contribution in [0.5, 0.6) is 0 Å². The first-order valence-electron chi connectivity index (χ1n) is 8.03. The molecule has 3 nitrogen and oxygen atoms in total. The third-order valence-corrected chi connectivity index (χ3v) is 4.40. The summed E-state index contributed by atoms with van der Waals surface area (Å²) in [5.74, 6) is 0. The molecule has 4 heteroatoms. The molecule has 0 amide bonds. The molecule has 3 rings (SSSR count). The lowest BCUT2D eigenvalue weighted by Gasteiger charge is -2.33. The molecule has 120 valence electrons. The second-order valence-electron chi connectivity index (χ2n) is 5.91. The van der Waals surface area contributed by atoms with E-state index in [1.54, 1.807) is 0 Å². The summed E-state index contributed by atoms with van der Waals surface area (Å²) in [6.07, 6.45) is 0. The quantitative estimate of drug-likeness (QED) is 0.794. The van der Waals surface area contributed by atoms with Crippen LogP contribution in [0.2, 0.25) is 5.02 Å². The minimum Gasteiger partial charge on any atom is -0.295 e. The lowest BCUT2D eigenvalue weighted by Crippen LogP contribution is -2.43. The van der Waals surface area contributed by atoms with Crippen LogP contribution in [-0.4, -0.2) is 41.8 Å². The van der Waals surface area contributed by atoms with Gasteiger partial charge in [-0.15, -0.1) is 0 Å². The second kappa shape index (κ2) is 7.62. The van der Waals surface area contributed by atoms with E-state index >= 15 is 0 Å². The molecular formula is C19H22ClN3. The van der Waals surface area contributed by atoms with Crippen LogP contribution in [0, 0.1) is 0 Å². The van der Waals surface area contributed by atoms with Crippen LogP contribution in [0.1, 0.15) is 18.1 Å². The molecule has 0 unspecified atom stereocenters. The van der Waals surface area contributed by atoms with Crippen molar-refractivity contribution in [2.24, 2.45) is 5.10 Å². The fourth-order valence-electron chi connectivity index (χ4n) is 2.80. The van der Waals surface area contributed by atoms with Crippen LogP contribution in [0.15, 0.2) is 59.7 Å². The van der Waals surface area contributed by atoms with Gasteiger partial charge in [-0.2, -0.15) is 5.10 Å². The largest absolute Gasteiger partial charge is 0.295 e. The molecule has 2 aromatic carbocycles. The maximum absolute atomic E-state index is 5.93. The highest BCUT2D eigenvalue weighted by molar-refractivity contribution is 6.30. The Hall–Kier alpha value is -1.84. The van der Waals surface area contributed by atoms with E-state index in [1.165, 1.54) is 5.56 Å². The van der Waals surface area contributed by atoms with Gasteiger partial charge >= 0.3 is 0 Å².